The average molecular weight is 408 g/mol. The Kier molecular flexibility index (Phi) is 5.80. The minimum absolute atomic E-state index is 0.0982. The van der Waals surface area contributed by atoms with Crippen LogP contribution in [0.5, 0.6) is 0 Å². The van der Waals surface area contributed by atoms with Gasteiger partial charge in [0.05, 0.1) is 12.2 Å². The Morgan fingerprint density at radius 3 is 2.48 bits per heavy atom. The van der Waals surface area contributed by atoms with Crippen molar-refractivity contribution >= 4 is 5.97 Å². The lowest BCUT2D eigenvalue weighted by molar-refractivity contribution is -0.189. The van der Waals surface area contributed by atoms with Crippen LogP contribution in [0.3, 0.4) is 0 Å². The first-order valence-electron chi connectivity index (χ1n) is 12.0. The van der Waals surface area contributed by atoms with Gasteiger partial charge in [-0.15, -0.1) is 0 Å². The van der Waals surface area contributed by atoms with E-state index >= 15 is 0 Å². The highest BCUT2D eigenvalue weighted by atomic mass is 16.6. The number of aliphatic hydroxyl groups is 1. The van der Waals surface area contributed by atoms with E-state index in [9.17, 15) is 9.90 Å². The fraction of sp³-hybridized carbons (Fsp3) is 0.958. The van der Waals surface area contributed by atoms with Crippen LogP contribution in [0.1, 0.15) is 85.0 Å². The van der Waals surface area contributed by atoms with E-state index in [1.807, 2.05) is 0 Å². The van der Waals surface area contributed by atoms with Gasteiger partial charge < -0.3 is 15.1 Å². The Morgan fingerprint density at radius 1 is 1.10 bits per heavy atom. The van der Waals surface area contributed by atoms with Crippen LogP contribution in [0.25, 0.3) is 0 Å². The van der Waals surface area contributed by atoms with E-state index in [-0.39, 0.29) is 24.0 Å². The summed E-state index contributed by atoms with van der Waals surface area (Å²) in [5, 5.41) is 19.4. The molecule has 4 rings (SSSR count). The van der Waals surface area contributed by atoms with Gasteiger partial charge in [-0.1, -0.05) is 20.8 Å². The number of carboxylic acids is 1. The lowest BCUT2D eigenvalue weighted by atomic mass is 9.43. The van der Waals surface area contributed by atoms with Gasteiger partial charge in [0, 0.05) is 6.42 Å². The van der Waals surface area contributed by atoms with E-state index in [4.69, 9.17) is 15.8 Å². The smallest absolute Gasteiger partial charge is 0.303 e. The highest BCUT2D eigenvalue weighted by Crippen LogP contribution is 2.68. The maximum atomic E-state index is 11.1. The summed E-state index contributed by atoms with van der Waals surface area (Å²) in [5.41, 5.74) is 0.570. The van der Waals surface area contributed by atoms with E-state index in [2.05, 4.69) is 20.8 Å². The molecule has 0 unspecified atom stereocenters. The quantitative estimate of drug-likeness (QED) is 0.588. The summed E-state index contributed by atoms with van der Waals surface area (Å²) in [7, 11) is 0. The van der Waals surface area contributed by atoms with Crippen LogP contribution in [0.15, 0.2) is 0 Å². The number of hydrogen-bond acceptors (Lipinski definition) is 4. The fourth-order valence-electron chi connectivity index (χ4n) is 8.84. The van der Waals surface area contributed by atoms with Crippen LogP contribution in [0, 0.1) is 46.3 Å². The Balaban J connectivity index is 1.58. The van der Waals surface area contributed by atoms with Crippen LogP contribution < -0.4 is 5.90 Å². The standard InChI is InChI=1S/C24H41NO4/c1-14(4-7-21(27)28)17-5-6-18-22-19(9-11-24(17,18)3)23(2)10-8-16(26)12-15(23)13-20(22)29-25/h14-20,22,26H,4-13,25H2,1-3H3,(H,27,28)/t14-,15+,16-,17-,18+,19+,20+,22+,23+,24-/m1/s1. The Hall–Kier alpha value is -0.650. The van der Waals surface area contributed by atoms with E-state index in [1.165, 1.54) is 25.7 Å². The van der Waals surface area contributed by atoms with E-state index in [0.29, 0.717) is 40.9 Å². The monoisotopic (exact) mass is 407 g/mol. The topological polar surface area (TPSA) is 92.8 Å². The lowest BCUT2D eigenvalue weighted by Crippen LogP contribution is -2.59. The van der Waals surface area contributed by atoms with Gasteiger partial charge in [-0.2, -0.15) is 0 Å². The number of fused-ring (bicyclic) bond motifs is 5. The molecule has 0 saturated heterocycles. The minimum atomic E-state index is -0.678. The molecule has 0 aromatic carbocycles. The first-order chi connectivity index (χ1) is 13.7. The fourth-order valence-corrected chi connectivity index (χ4v) is 8.84. The Labute approximate surface area is 175 Å². The molecule has 166 valence electrons. The number of carbonyl (C=O) groups is 1. The Bertz CT molecular complexity index is 626. The van der Waals surface area contributed by atoms with E-state index in [1.54, 1.807) is 0 Å². The van der Waals surface area contributed by atoms with Crippen molar-refractivity contribution in [1.29, 1.82) is 0 Å². The molecule has 0 radical (unpaired) electrons. The van der Waals surface area contributed by atoms with Crippen molar-refractivity contribution in [1.82, 2.24) is 0 Å². The molecule has 5 heteroatoms. The summed E-state index contributed by atoms with van der Waals surface area (Å²) in [6, 6.07) is 0. The summed E-state index contributed by atoms with van der Waals surface area (Å²) in [6.07, 6.45) is 9.83. The average Bonchev–Trinajstić information content (AvgIpc) is 3.03. The maximum Gasteiger partial charge on any atom is 0.303 e. The molecule has 4 aliphatic rings. The normalized spacial score (nSPS) is 50.3. The van der Waals surface area contributed by atoms with Crippen molar-refractivity contribution in [3.8, 4) is 0 Å². The van der Waals surface area contributed by atoms with Gasteiger partial charge >= 0.3 is 5.97 Å². The number of nitrogens with two attached hydrogens (primary N) is 1. The Morgan fingerprint density at radius 2 is 1.79 bits per heavy atom. The third kappa shape index (κ3) is 3.45. The van der Waals surface area contributed by atoms with Crippen molar-refractivity contribution in [2.24, 2.45) is 52.2 Å². The van der Waals surface area contributed by atoms with Gasteiger partial charge in [0.1, 0.15) is 0 Å². The summed E-state index contributed by atoms with van der Waals surface area (Å²) in [6.45, 7) is 7.24. The first kappa shape index (κ1) is 21.6. The minimum Gasteiger partial charge on any atom is -0.481 e. The lowest BCUT2D eigenvalue weighted by Gasteiger charge is -2.62. The summed E-state index contributed by atoms with van der Waals surface area (Å²) < 4.78 is 0. The molecule has 0 heterocycles. The van der Waals surface area contributed by atoms with Gasteiger partial charge in [-0.05, 0) is 104 Å². The summed E-state index contributed by atoms with van der Waals surface area (Å²) in [4.78, 5) is 16.8. The number of rotatable bonds is 5. The van der Waals surface area contributed by atoms with Gasteiger partial charge in [-0.3, -0.25) is 4.79 Å². The number of aliphatic carboxylic acids is 1. The van der Waals surface area contributed by atoms with Crippen LogP contribution >= 0.6 is 0 Å². The van der Waals surface area contributed by atoms with Crippen molar-refractivity contribution in [3.63, 3.8) is 0 Å². The zero-order chi connectivity index (χ0) is 21.0. The predicted octanol–water partition coefficient (Wildman–Crippen LogP) is 4.38. The molecule has 4 saturated carbocycles. The number of hydrogen-bond donors (Lipinski definition) is 3. The molecule has 0 bridgehead atoms. The maximum absolute atomic E-state index is 11.1. The molecule has 4 fully saturated rings. The molecule has 0 aromatic heterocycles. The van der Waals surface area contributed by atoms with Gasteiger partial charge in [0.25, 0.3) is 0 Å². The number of carboxylic acid groups (broad SMARTS) is 1. The van der Waals surface area contributed by atoms with Crippen molar-refractivity contribution in [3.05, 3.63) is 0 Å². The molecule has 10 atom stereocenters. The zero-order valence-electron chi connectivity index (χ0n) is 18.5. The molecule has 0 amide bonds. The molecule has 0 aliphatic heterocycles. The van der Waals surface area contributed by atoms with Gasteiger partial charge in [-0.25, -0.2) is 5.90 Å². The third-order valence-electron chi connectivity index (χ3n) is 10.4. The van der Waals surface area contributed by atoms with Gasteiger partial charge in [0.2, 0.25) is 0 Å². The molecular weight excluding hydrogens is 366 g/mol. The second kappa shape index (κ2) is 7.80. The van der Waals surface area contributed by atoms with E-state index in [0.717, 1.165) is 32.1 Å². The predicted molar refractivity (Wildman–Crippen MR) is 112 cm³/mol. The number of aliphatic hydroxyl groups excluding tert-OH is 1. The second-order valence-electron chi connectivity index (χ2n) is 11.5. The summed E-state index contributed by atoms with van der Waals surface area (Å²) in [5.74, 6) is 8.53. The molecule has 4 aliphatic carbocycles. The zero-order valence-corrected chi connectivity index (χ0v) is 18.5. The van der Waals surface area contributed by atoms with Crippen molar-refractivity contribution in [2.75, 3.05) is 0 Å². The highest BCUT2D eigenvalue weighted by Gasteiger charge is 2.63. The molecule has 0 spiro atoms. The van der Waals surface area contributed by atoms with Crippen molar-refractivity contribution in [2.45, 2.75) is 97.2 Å². The SMILES string of the molecule is C[C@H](CCC(=O)O)[C@H]1CC[C@H]2[C@@H]3[C@@H](ON)C[C@@H]4C[C@H](O)CC[C@]4(C)[C@H]3CC[C@]12C. The van der Waals surface area contributed by atoms with Crippen molar-refractivity contribution < 1.29 is 19.8 Å². The first-order valence-corrected chi connectivity index (χ1v) is 12.0. The van der Waals surface area contributed by atoms with Crippen LogP contribution in [0.4, 0.5) is 0 Å². The molecular formula is C24H41NO4. The molecule has 29 heavy (non-hydrogen) atoms. The second-order valence-corrected chi connectivity index (χ2v) is 11.5. The van der Waals surface area contributed by atoms with E-state index < -0.39 is 5.97 Å². The third-order valence-corrected chi connectivity index (χ3v) is 10.4. The van der Waals surface area contributed by atoms with Crippen LogP contribution in [-0.2, 0) is 9.63 Å². The van der Waals surface area contributed by atoms with Crippen LogP contribution in [-0.4, -0.2) is 28.4 Å². The highest BCUT2D eigenvalue weighted by molar-refractivity contribution is 5.66. The molecule has 0 aromatic rings. The largest absolute Gasteiger partial charge is 0.481 e. The van der Waals surface area contributed by atoms with Gasteiger partial charge in [0.15, 0.2) is 0 Å². The molecule has 5 nitrogen and oxygen atoms in total. The summed E-state index contributed by atoms with van der Waals surface area (Å²) >= 11 is 0. The van der Waals surface area contributed by atoms with Crippen LogP contribution in [0.2, 0.25) is 0 Å². The molecule has 4 N–H and O–H groups in total.